The van der Waals surface area contributed by atoms with Gasteiger partial charge in [-0.2, -0.15) is 0 Å². The molecule has 2 fully saturated rings. The van der Waals surface area contributed by atoms with Crippen LogP contribution in [-0.4, -0.2) is 83.4 Å². The molecule has 5 atom stereocenters. The molecule has 0 bridgehead atoms. The Morgan fingerprint density at radius 3 is 2.06 bits per heavy atom. The molecule has 4 rings (SSSR count). The van der Waals surface area contributed by atoms with E-state index in [4.69, 9.17) is 10.5 Å². The molecule has 0 radical (unpaired) electrons. The number of ether oxygens (including phenoxy) is 1. The predicted octanol–water partition coefficient (Wildman–Crippen LogP) is 2.83. The Kier molecular flexibility index (Phi) is 12.6. The van der Waals surface area contributed by atoms with E-state index in [0.29, 0.717) is 32.2 Å². The number of ketones is 1. The van der Waals surface area contributed by atoms with Gasteiger partial charge in [-0.15, -0.1) is 0 Å². The summed E-state index contributed by atoms with van der Waals surface area (Å²) in [6.45, 7) is 13.5. The number of likely N-dealkylation sites (tertiary alicyclic amines) is 1. The van der Waals surface area contributed by atoms with Gasteiger partial charge in [-0.25, -0.2) is 9.59 Å². The highest BCUT2D eigenvalue weighted by molar-refractivity contribution is 6.37. The molecule has 1 aromatic rings. The molecule has 1 heterocycles. The molecular weight excluding hydrogens is 640 g/mol. The van der Waals surface area contributed by atoms with Crippen LogP contribution in [0.3, 0.4) is 0 Å². The van der Waals surface area contributed by atoms with Crippen molar-refractivity contribution in [3.05, 3.63) is 35.4 Å². The van der Waals surface area contributed by atoms with E-state index in [9.17, 15) is 28.8 Å². The van der Waals surface area contributed by atoms with E-state index in [1.54, 1.807) is 0 Å². The topological polar surface area (TPSA) is 189 Å². The molecule has 1 aromatic carbocycles. The summed E-state index contributed by atoms with van der Waals surface area (Å²) in [4.78, 5) is 80.8. The monoisotopic (exact) mass is 696 g/mol. The van der Waals surface area contributed by atoms with Crippen molar-refractivity contribution in [3.8, 4) is 0 Å². The van der Waals surface area contributed by atoms with Crippen molar-refractivity contribution in [3.63, 3.8) is 0 Å². The molecule has 0 spiro atoms. The molecule has 6 N–H and O–H groups in total. The van der Waals surface area contributed by atoms with Gasteiger partial charge < -0.3 is 36.6 Å². The minimum atomic E-state index is -1.10. The second-order valence-corrected chi connectivity index (χ2v) is 16.0. The summed E-state index contributed by atoms with van der Waals surface area (Å²) in [5.41, 5.74) is 7.04. The van der Waals surface area contributed by atoms with Crippen LogP contribution < -0.4 is 27.0 Å². The quantitative estimate of drug-likeness (QED) is 0.185. The lowest BCUT2D eigenvalue weighted by Gasteiger charge is -2.34. The second-order valence-electron chi connectivity index (χ2n) is 16.0. The van der Waals surface area contributed by atoms with E-state index >= 15 is 0 Å². The van der Waals surface area contributed by atoms with Gasteiger partial charge in [-0.05, 0) is 87.2 Å². The number of benzene rings is 1. The van der Waals surface area contributed by atoms with Crippen LogP contribution in [0.25, 0.3) is 0 Å². The first kappa shape index (κ1) is 38.6. The van der Waals surface area contributed by atoms with Crippen LogP contribution in [0.5, 0.6) is 0 Å². The third kappa shape index (κ3) is 10.2. The third-order valence-electron chi connectivity index (χ3n) is 10.1. The van der Waals surface area contributed by atoms with Crippen LogP contribution in [0.2, 0.25) is 0 Å². The number of primary amides is 1. The van der Waals surface area contributed by atoms with Crippen LogP contribution in [0, 0.1) is 29.6 Å². The molecular formula is C37H56N6O7. The molecule has 2 aliphatic carbocycles. The summed E-state index contributed by atoms with van der Waals surface area (Å²) in [5.74, 6) is -3.16. The van der Waals surface area contributed by atoms with Gasteiger partial charge in [0.25, 0.3) is 5.91 Å². The Morgan fingerprint density at radius 1 is 0.920 bits per heavy atom. The summed E-state index contributed by atoms with van der Waals surface area (Å²) in [5, 5.41) is 11.4. The highest BCUT2D eigenvalue weighted by Crippen LogP contribution is 2.36. The van der Waals surface area contributed by atoms with Crippen molar-refractivity contribution in [1.29, 1.82) is 0 Å². The predicted molar refractivity (Wildman–Crippen MR) is 188 cm³/mol. The molecule has 3 aliphatic rings. The highest BCUT2D eigenvalue weighted by Gasteiger charge is 2.48. The first-order chi connectivity index (χ1) is 23.4. The van der Waals surface area contributed by atoms with Crippen molar-refractivity contribution in [1.82, 2.24) is 26.2 Å². The first-order valence-corrected chi connectivity index (χ1v) is 18.0. The fourth-order valence-corrected chi connectivity index (χ4v) is 7.09. The molecule has 3 unspecified atom stereocenters. The van der Waals surface area contributed by atoms with Gasteiger partial charge in [-0.3, -0.25) is 19.2 Å². The molecule has 1 saturated carbocycles. The van der Waals surface area contributed by atoms with Gasteiger partial charge in [0.1, 0.15) is 18.7 Å². The molecule has 1 saturated heterocycles. The fraction of sp³-hybridized carbons (Fsp3) is 0.676. The number of amides is 6. The lowest BCUT2D eigenvalue weighted by Crippen LogP contribution is -2.60. The Labute approximate surface area is 295 Å². The molecule has 0 aromatic heterocycles. The molecule has 13 heteroatoms. The number of fused-ring (bicyclic) bond motifs is 1. The maximum Gasteiger partial charge on any atom is 0.407 e. The van der Waals surface area contributed by atoms with Crippen molar-refractivity contribution in [2.75, 3.05) is 13.2 Å². The van der Waals surface area contributed by atoms with Gasteiger partial charge >= 0.3 is 12.1 Å². The number of rotatable bonds is 14. The van der Waals surface area contributed by atoms with Crippen molar-refractivity contribution < 1.29 is 33.5 Å². The Balaban J connectivity index is 1.56. The van der Waals surface area contributed by atoms with E-state index in [-0.39, 0.29) is 42.1 Å². The molecule has 50 heavy (non-hydrogen) atoms. The average Bonchev–Trinajstić information content (AvgIpc) is 3.55. The lowest BCUT2D eigenvalue weighted by molar-refractivity contribution is -0.143. The SMILES string of the molecule is CC(C)C(COC(=O)NC(C)(C)C)NC(=O)N[C@H](C(=O)N1CC[C@H](C(C)C)C1C(=O)NC(CC1CC1)C(=O)C(N)=O)C1Cc2ccccc2C1. The lowest BCUT2D eigenvalue weighted by atomic mass is 9.87. The minimum Gasteiger partial charge on any atom is -0.447 e. The summed E-state index contributed by atoms with van der Waals surface area (Å²) < 4.78 is 5.42. The number of urea groups is 1. The molecule has 1 aliphatic heterocycles. The standard InChI is InChI=1S/C37H56N6O7/c1-20(2)26-14-15-43(30(26)33(46)39-27(16-22-12-13-22)31(44)32(38)45)34(47)29(25-17-23-10-8-9-11-24(23)18-25)41-35(48)40-28(21(3)4)19-50-36(49)42-37(5,6)7/h8-11,20-22,25-30H,12-19H2,1-7H3,(H2,38,45)(H,39,46)(H,42,49)(H2,40,41,48)/t26-,27?,28?,29+,30?/m1/s1. The second kappa shape index (κ2) is 16.2. The van der Waals surface area contributed by atoms with Gasteiger partial charge in [0, 0.05) is 12.1 Å². The van der Waals surface area contributed by atoms with Crippen molar-refractivity contribution >= 4 is 35.6 Å². The minimum absolute atomic E-state index is 0.0324. The number of hydrogen-bond donors (Lipinski definition) is 5. The van der Waals surface area contributed by atoms with Crippen molar-refractivity contribution in [2.45, 2.75) is 117 Å². The van der Waals surface area contributed by atoms with Crippen LogP contribution >= 0.6 is 0 Å². The van der Waals surface area contributed by atoms with Crippen LogP contribution in [0.15, 0.2) is 24.3 Å². The number of carbonyl (C=O) groups excluding carboxylic acids is 6. The number of nitrogens with one attached hydrogen (secondary N) is 4. The summed E-state index contributed by atoms with van der Waals surface area (Å²) in [6, 6.07) is 3.86. The maximum absolute atomic E-state index is 14.7. The smallest absolute Gasteiger partial charge is 0.407 e. The third-order valence-corrected chi connectivity index (χ3v) is 10.1. The first-order valence-electron chi connectivity index (χ1n) is 18.0. The molecule has 13 nitrogen and oxygen atoms in total. The Bertz CT molecular complexity index is 1410. The van der Waals surface area contributed by atoms with Crippen LogP contribution in [0.1, 0.15) is 85.3 Å². The number of nitrogens with two attached hydrogens (primary N) is 1. The maximum atomic E-state index is 14.7. The number of alkyl carbamates (subject to hydrolysis) is 1. The molecule has 276 valence electrons. The van der Waals surface area contributed by atoms with Gasteiger partial charge in [-0.1, -0.05) is 64.8 Å². The largest absolute Gasteiger partial charge is 0.447 e. The van der Waals surface area contributed by atoms with Crippen LogP contribution in [-0.2, 0) is 36.8 Å². The van der Waals surface area contributed by atoms with E-state index in [2.05, 4.69) is 21.3 Å². The van der Waals surface area contributed by atoms with Gasteiger partial charge in [0.15, 0.2) is 0 Å². The van der Waals surface area contributed by atoms with Gasteiger partial charge in [0.05, 0.1) is 12.1 Å². The van der Waals surface area contributed by atoms with E-state index in [1.165, 1.54) is 4.90 Å². The van der Waals surface area contributed by atoms with E-state index < -0.39 is 59.4 Å². The van der Waals surface area contributed by atoms with Gasteiger partial charge in [0.2, 0.25) is 17.6 Å². The zero-order valence-electron chi connectivity index (χ0n) is 30.5. The Morgan fingerprint density at radius 2 is 1.54 bits per heavy atom. The van der Waals surface area contributed by atoms with E-state index in [1.807, 2.05) is 72.7 Å². The van der Waals surface area contributed by atoms with Crippen molar-refractivity contribution in [2.24, 2.45) is 35.3 Å². The number of hydrogen-bond acceptors (Lipinski definition) is 7. The number of nitrogens with zero attached hydrogens (tertiary/aromatic N) is 1. The average molecular weight is 697 g/mol. The summed E-state index contributed by atoms with van der Waals surface area (Å²) in [7, 11) is 0. The van der Waals surface area contributed by atoms with Crippen LogP contribution in [0.4, 0.5) is 9.59 Å². The number of carbonyl (C=O) groups is 6. The summed E-state index contributed by atoms with van der Waals surface area (Å²) >= 11 is 0. The normalized spacial score (nSPS) is 20.9. The molecule has 6 amide bonds. The summed E-state index contributed by atoms with van der Waals surface area (Å²) in [6.07, 6.45) is 3.23. The zero-order chi connectivity index (χ0) is 36.9. The van der Waals surface area contributed by atoms with E-state index in [0.717, 1.165) is 24.0 Å². The highest BCUT2D eigenvalue weighted by atomic mass is 16.5. The fourth-order valence-electron chi connectivity index (χ4n) is 7.09. The Hall–Kier alpha value is -4.16. The number of Topliss-reactive ketones (excluding diaryl/α,β-unsaturated/α-hetero) is 1. The zero-order valence-corrected chi connectivity index (χ0v) is 30.5.